The maximum atomic E-state index is 15.2. The van der Waals surface area contributed by atoms with Crippen LogP contribution < -0.4 is 9.03 Å². The van der Waals surface area contributed by atoms with Crippen molar-refractivity contribution in [2.75, 3.05) is 9.03 Å². The number of anilines is 2. The van der Waals surface area contributed by atoms with Gasteiger partial charge in [-0.3, -0.25) is 4.79 Å². The fourth-order valence-corrected chi connectivity index (χ4v) is 7.95. The Balaban J connectivity index is 1.58. The van der Waals surface area contributed by atoms with Gasteiger partial charge in [-0.1, -0.05) is 60.7 Å². The monoisotopic (exact) mass is 536 g/mol. The van der Waals surface area contributed by atoms with Crippen molar-refractivity contribution >= 4 is 37.3 Å². The molecule has 0 saturated carbocycles. The first-order valence-electron chi connectivity index (χ1n) is 11.3. The fourth-order valence-electron chi connectivity index (χ4n) is 4.22. The number of fused-ring (bicyclic) bond motifs is 1. The van der Waals surface area contributed by atoms with E-state index >= 15 is 4.39 Å². The number of halogens is 1. The molecule has 37 heavy (non-hydrogen) atoms. The first-order chi connectivity index (χ1) is 17.7. The Morgan fingerprint density at radius 2 is 1.30 bits per heavy atom. The van der Waals surface area contributed by atoms with Crippen molar-refractivity contribution in [1.82, 2.24) is 0 Å². The molecule has 1 amide bonds. The van der Waals surface area contributed by atoms with Crippen LogP contribution in [0.4, 0.5) is 15.8 Å². The molecule has 0 fully saturated rings. The van der Waals surface area contributed by atoms with Crippen molar-refractivity contribution in [1.29, 1.82) is 0 Å². The van der Waals surface area contributed by atoms with Gasteiger partial charge in [-0.2, -0.15) is 3.71 Å². The zero-order valence-corrected chi connectivity index (χ0v) is 20.9. The van der Waals surface area contributed by atoms with Crippen molar-refractivity contribution in [3.05, 3.63) is 120 Å². The second kappa shape index (κ2) is 9.45. The summed E-state index contributed by atoms with van der Waals surface area (Å²) in [6, 6.07) is 24.5. The third-order valence-electron chi connectivity index (χ3n) is 6.10. The molecule has 4 aromatic carbocycles. The number of carbonyl (C=O) groups is 1. The van der Waals surface area contributed by atoms with Gasteiger partial charge in [0.25, 0.3) is 20.0 Å². The highest BCUT2D eigenvalue weighted by Gasteiger charge is 2.39. The largest absolute Gasteiger partial charge is 0.325 e. The molecule has 0 radical (unpaired) electrons. The normalized spacial score (nSPS) is 14.8. The van der Waals surface area contributed by atoms with Crippen molar-refractivity contribution in [3.63, 3.8) is 0 Å². The maximum Gasteiger partial charge on any atom is 0.277 e. The van der Waals surface area contributed by atoms with Gasteiger partial charge in [-0.05, 0) is 60.0 Å². The Labute approximate surface area is 214 Å². The number of hydrogen-bond donors (Lipinski definition) is 1. The second-order valence-electron chi connectivity index (χ2n) is 8.44. The van der Waals surface area contributed by atoms with Crippen LogP contribution >= 0.6 is 0 Å². The molecule has 7 nitrogen and oxygen atoms in total. The Morgan fingerprint density at radius 1 is 0.757 bits per heavy atom. The van der Waals surface area contributed by atoms with E-state index < -0.39 is 37.5 Å². The van der Waals surface area contributed by atoms with Gasteiger partial charge < -0.3 is 5.32 Å². The van der Waals surface area contributed by atoms with Crippen molar-refractivity contribution in [2.24, 2.45) is 0 Å². The van der Waals surface area contributed by atoms with Gasteiger partial charge >= 0.3 is 0 Å². The lowest BCUT2D eigenvalue weighted by Gasteiger charge is -2.29. The summed E-state index contributed by atoms with van der Waals surface area (Å²) in [7, 11) is -9.57. The molecule has 1 aliphatic rings. The van der Waals surface area contributed by atoms with Gasteiger partial charge in [0, 0.05) is 5.69 Å². The molecule has 188 valence electrons. The van der Waals surface area contributed by atoms with E-state index in [1.807, 2.05) is 24.3 Å². The Kier molecular flexibility index (Phi) is 6.30. The summed E-state index contributed by atoms with van der Waals surface area (Å²) < 4.78 is 69.8. The van der Waals surface area contributed by atoms with E-state index in [1.165, 1.54) is 54.6 Å². The first-order valence-corrected chi connectivity index (χ1v) is 14.2. The Morgan fingerprint density at radius 3 is 1.86 bits per heavy atom. The Hall–Kier alpha value is -4.02. The molecule has 0 aromatic heterocycles. The van der Waals surface area contributed by atoms with Gasteiger partial charge in [-0.25, -0.2) is 21.2 Å². The van der Waals surface area contributed by atoms with Crippen molar-refractivity contribution < 1.29 is 26.0 Å². The third-order valence-corrected chi connectivity index (χ3v) is 10.3. The molecule has 0 bridgehead atoms. The number of sulfonamides is 2. The van der Waals surface area contributed by atoms with E-state index in [2.05, 4.69) is 5.32 Å². The van der Waals surface area contributed by atoms with Gasteiger partial charge in [0.2, 0.25) is 5.91 Å². The van der Waals surface area contributed by atoms with Gasteiger partial charge in [0.1, 0.15) is 11.5 Å². The second-order valence-corrected chi connectivity index (χ2v) is 12.2. The summed E-state index contributed by atoms with van der Waals surface area (Å²) in [5.41, 5.74) is 1.25. The minimum Gasteiger partial charge on any atom is -0.325 e. The third kappa shape index (κ3) is 4.49. The molecular weight excluding hydrogens is 515 g/mol. The number of carbonyl (C=O) groups excluding carboxylic acids is 1. The van der Waals surface area contributed by atoms with Crippen LogP contribution in [0.15, 0.2) is 113 Å². The van der Waals surface area contributed by atoms with Crippen molar-refractivity contribution in [3.8, 4) is 0 Å². The minimum absolute atomic E-state index is 0.0577. The lowest BCUT2D eigenvalue weighted by molar-refractivity contribution is -0.118. The van der Waals surface area contributed by atoms with E-state index in [0.717, 1.165) is 23.3 Å². The highest BCUT2D eigenvalue weighted by Crippen LogP contribution is 2.37. The highest BCUT2D eigenvalue weighted by atomic mass is 32.3. The van der Waals surface area contributed by atoms with E-state index in [1.54, 1.807) is 12.1 Å². The summed E-state index contributed by atoms with van der Waals surface area (Å²) in [6.07, 6.45) is 0.535. The molecule has 1 unspecified atom stereocenters. The highest BCUT2D eigenvalue weighted by molar-refractivity contribution is 8.10. The van der Waals surface area contributed by atoms with Crippen LogP contribution in [0.25, 0.3) is 0 Å². The average molecular weight is 537 g/mol. The van der Waals surface area contributed by atoms with E-state index in [9.17, 15) is 21.6 Å². The molecular formula is C27H21FN2O5S2. The first kappa shape index (κ1) is 24.7. The fraction of sp³-hybridized carbons (Fsp3) is 0.0741. The zero-order valence-electron chi connectivity index (χ0n) is 19.3. The van der Waals surface area contributed by atoms with Crippen LogP contribution in [0, 0.1) is 5.82 Å². The smallest absolute Gasteiger partial charge is 0.277 e. The summed E-state index contributed by atoms with van der Waals surface area (Å²) in [5, 5.41) is 2.67. The molecule has 1 atom stereocenters. The molecule has 10 heteroatoms. The number of rotatable bonds is 7. The lowest BCUT2D eigenvalue weighted by Crippen LogP contribution is -2.37. The van der Waals surface area contributed by atoms with Crippen LogP contribution in [0.3, 0.4) is 0 Å². The SMILES string of the molecule is O=C(Nc1ccc(F)c(N(S(=O)(=O)c2ccccc2)S(=O)(=O)c2ccccc2)c1)C1Cc2ccccc21. The van der Waals surface area contributed by atoms with Gasteiger partial charge in [0.05, 0.1) is 15.7 Å². The standard InChI is InChI=1S/C27H21FN2O5S2/c28-25-16-15-20(29-27(31)24-17-19-9-7-8-14-23(19)24)18-26(25)30(36(32,33)21-10-3-1-4-11-21)37(34,35)22-12-5-2-6-13-22/h1-16,18,24H,17H2,(H,29,31). The predicted molar refractivity (Wildman–Crippen MR) is 138 cm³/mol. The van der Waals surface area contributed by atoms with Crippen LogP contribution in [-0.2, 0) is 31.3 Å². The number of hydrogen-bond acceptors (Lipinski definition) is 5. The summed E-state index contributed by atoms with van der Waals surface area (Å²) in [6.45, 7) is 0. The summed E-state index contributed by atoms with van der Waals surface area (Å²) in [5.74, 6) is -1.87. The number of nitrogens with one attached hydrogen (secondary N) is 1. The minimum atomic E-state index is -4.78. The molecule has 5 rings (SSSR count). The molecule has 1 aliphatic carbocycles. The number of benzene rings is 4. The number of nitrogens with zero attached hydrogens (tertiary/aromatic N) is 1. The number of amides is 1. The predicted octanol–water partition coefficient (Wildman–Crippen LogP) is 4.69. The quantitative estimate of drug-likeness (QED) is 0.369. The van der Waals surface area contributed by atoms with Gasteiger partial charge in [-0.15, -0.1) is 0 Å². The Bertz CT molecular complexity index is 1620. The van der Waals surface area contributed by atoms with Crippen molar-refractivity contribution in [2.45, 2.75) is 22.1 Å². The topological polar surface area (TPSA) is 101 Å². The molecule has 0 heterocycles. The van der Waals surface area contributed by atoms with E-state index in [-0.39, 0.29) is 25.1 Å². The van der Waals surface area contributed by atoms with Gasteiger partial charge in [0.15, 0.2) is 0 Å². The zero-order chi connectivity index (χ0) is 26.2. The molecule has 1 N–H and O–H groups in total. The maximum absolute atomic E-state index is 15.2. The molecule has 0 aliphatic heterocycles. The summed E-state index contributed by atoms with van der Waals surface area (Å²) >= 11 is 0. The van der Waals surface area contributed by atoms with Crippen LogP contribution in [-0.4, -0.2) is 22.7 Å². The molecule has 0 spiro atoms. The van der Waals surface area contributed by atoms with E-state index in [4.69, 9.17) is 0 Å². The molecule has 4 aromatic rings. The van der Waals surface area contributed by atoms with Crippen LogP contribution in [0.1, 0.15) is 17.0 Å². The summed E-state index contributed by atoms with van der Waals surface area (Å²) in [4.78, 5) is 12.2. The lowest BCUT2D eigenvalue weighted by atomic mass is 9.77. The van der Waals surface area contributed by atoms with Crippen LogP contribution in [0.2, 0.25) is 0 Å². The van der Waals surface area contributed by atoms with E-state index in [0.29, 0.717) is 6.42 Å². The van der Waals surface area contributed by atoms with Crippen LogP contribution in [0.5, 0.6) is 0 Å². The average Bonchev–Trinajstić information content (AvgIpc) is 2.87. The molecule has 0 saturated heterocycles.